The third-order valence-corrected chi connectivity index (χ3v) is 3.80. The lowest BCUT2D eigenvalue weighted by molar-refractivity contribution is 0.575. The largest absolute Gasteiger partial charge is 0.349 e. The molecule has 0 aliphatic rings. The molecule has 0 radical (unpaired) electrons. The Bertz CT molecular complexity index is 388. The van der Waals surface area contributed by atoms with Gasteiger partial charge < -0.3 is 10.3 Å². The van der Waals surface area contributed by atoms with E-state index in [1.807, 2.05) is 7.05 Å². The van der Waals surface area contributed by atoms with Crippen molar-refractivity contribution in [1.82, 2.24) is 20.0 Å². The number of nitrogens with one attached hydrogen (secondary N) is 3. The Morgan fingerprint density at radius 3 is 2.82 bits per heavy atom. The van der Waals surface area contributed by atoms with Crippen molar-refractivity contribution < 1.29 is 8.42 Å². The zero-order valence-electron chi connectivity index (χ0n) is 10.1. The van der Waals surface area contributed by atoms with E-state index in [9.17, 15) is 8.42 Å². The molecule has 0 atom stereocenters. The van der Waals surface area contributed by atoms with Gasteiger partial charge in [0.05, 0.1) is 5.75 Å². The number of imidazole rings is 1. The highest BCUT2D eigenvalue weighted by Gasteiger charge is 2.08. The maximum atomic E-state index is 11.6. The number of aromatic nitrogens is 2. The number of nitrogens with zero attached hydrogens (tertiary/aromatic N) is 1. The molecule has 98 valence electrons. The van der Waals surface area contributed by atoms with Gasteiger partial charge in [0.15, 0.2) is 0 Å². The van der Waals surface area contributed by atoms with Crippen molar-refractivity contribution in [3.8, 4) is 0 Å². The van der Waals surface area contributed by atoms with Gasteiger partial charge in [-0.3, -0.25) is 0 Å². The van der Waals surface area contributed by atoms with Crippen molar-refractivity contribution in [2.24, 2.45) is 0 Å². The average Bonchev–Trinajstić information content (AvgIpc) is 2.77. The summed E-state index contributed by atoms with van der Waals surface area (Å²) in [6.07, 6.45) is 5.51. The second-order valence-corrected chi connectivity index (χ2v) is 5.74. The van der Waals surface area contributed by atoms with E-state index in [1.54, 1.807) is 12.4 Å². The van der Waals surface area contributed by atoms with Crippen LogP contribution in [0.15, 0.2) is 12.4 Å². The molecule has 17 heavy (non-hydrogen) atoms. The number of aromatic amines is 1. The second-order valence-electron chi connectivity index (χ2n) is 3.81. The third-order valence-electron chi connectivity index (χ3n) is 2.33. The number of unbranched alkanes of at least 4 members (excludes halogenated alkanes) is 1. The van der Waals surface area contributed by atoms with Crippen LogP contribution in [-0.2, 0) is 16.4 Å². The molecule has 0 saturated heterocycles. The molecular formula is C10H20N4O2S. The number of rotatable bonds is 9. The van der Waals surface area contributed by atoms with Crippen LogP contribution in [0.5, 0.6) is 0 Å². The molecule has 3 N–H and O–H groups in total. The van der Waals surface area contributed by atoms with Crippen molar-refractivity contribution in [2.75, 3.05) is 25.9 Å². The monoisotopic (exact) mass is 260 g/mol. The van der Waals surface area contributed by atoms with Gasteiger partial charge in [0.2, 0.25) is 10.0 Å². The first-order chi connectivity index (χ1) is 8.14. The third kappa shape index (κ3) is 6.40. The molecule has 7 heteroatoms. The molecule has 0 spiro atoms. The fraction of sp³-hybridized carbons (Fsp3) is 0.700. The Hall–Kier alpha value is -0.920. The van der Waals surface area contributed by atoms with Crippen molar-refractivity contribution in [1.29, 1.82) is 0 Å². The standard InChI is InChI=1S/C10H20N4O2S/c1-11-5-2-3-9-17(15,16)14-6-4-10-12-7-8-13-10/h7-8,11,14H,2-6,9H2,1H3,(H,12,13). The van der Waals surface area contributed by atoms with Crippen LogP contribution in [0.4, 0.5) is 0 Å². The number of H-pyrrole nitrogens is 1. The fourth-order valence-corrected chi connectivity index (χ4v) is 2.57. The van der Waals surface area contributed by atoms with E-state index in [2.05, 4.69) is 20.0 Å². The predicted molar refractivity (Wildman–Crippen MR) is 67.2 cm³/mol. The number of hydrogen-bond acceptors (Lipinski definition) is 4. The highest BCUT2D eigenvalue weighted by Crippen LogP contribution is 1.95. The minimum absolute atomic E-state index is 0.187. The van der Waals surface area contributed by atoms with Crippen molar-refractivity contribution in [3.05, 3.63) is 18.2 Å². The quantitative estimate of drug-likeness (QED) is 0.540. The zero-order chi connectivity index (χ0) is 12.6. The van der Waals surface area contributed by atoms with Gasteiger partial charge in [-0.05, 0) is 26.4 Å². The van der Waals surface area contributed by atoms with Gasteiger partial charge in [-0.15, -0.1) is 0 Å². The SMILES string of the molecule is CNCCCCS(=O)(=O)NCCc1ncc[nH]1. The van der Waals surface area contributed by atoms with E-state index >= 15 is 0 Å². The summed E-state index contributed by atoms with van der Waals surface area (Å²) in [4.78, 5) is 6.95. The van der Waals surface area contributed by atoms with E-state index < -0.39 is 10.0 Å². The highest BCUT2D eigenvalue weighted by atomic mass is 32.2. The molecule has 0 amide bonds. The molecule has 0 bridgehead atoms. The van der Waals surface area contributed by atoms with Crippen LogP contribution in [0.1, 0.15) is 18.7 Å². The summed E-state index contributed by atoms with van der Waals surface area (Å²) in [7, 11) is -1.28. The van der Waals surface area contributed by atoms with Gasteiger partial charge in [0, 0.05) is 25.4 Å². The summed E-state index contributed by atoms with van der Waals surface area (Å²) in [5, 5.41) is 2.99. The van der Waals surface area contributed by atoms with Gasteiger partial charge in [-0.1, -0.05) is 0 Å². The summed E-state index contributed by atoms with van der Waals surface area (Å²) < 4.78 is 25.7. The second kappa shape index (κ2) is 7.41. The fourth-order valence-electron chi connectivity index (χ4n) is 1.43. The molecule has 1 heterocycles. The summed E-state index contributed by atoms with van der Waals surface area (Å²) in [5.74, 6) is 0.982. The van der Waals surface area contributed by atoms with Crippen LogP contribution in [0.25, 0.3) is 0 Å². The smallest absolute Gasteiger partial charge is 0.211 e. The summed E-state index contributed by atoms with van der Waals surface area (Å²) in [6, 6.07) is 0. The lowest BCUT2D eigenvalue weighted by Crippen LogP contribution is -2.28. The van der Waals surface area contributed by atoms with Crippen LogP contribution in [0.3, 0.4) is 0 Å². The maximum absolute atomic E-state index is 11.6. The lowest BCUT2D eigenvalue weighted by Gasteiger charge is -2.05. The molecule has 1 rings (SSSR count). The van der Waals surface area contributed by atoms with Crippen molar-refractivity contribution >= 4 is 10.0 Å². The Morgan fingerprint density at radius 2 is 2.18 bits per heavy atom. The van der Waals surface area contributed by atoms with E-state index in [0.717, 1.165) is 18.8 Å². The van der Waals surface area contributed by atoms with Gasteiger partial charge >= 0.3 is 0 Å². The minimum atomic E-state index is -3.13. The normalized spacial score (nSPS) is 11.8. The molecule has 1 aromatic heterocycles. The maximum Gasteiger partial charge on any atom is 0.211 e. The van der Waals surface area contributed by atoms with Crippen LogP contribution in [-0.4, -0.2) is 44.3 Å². The van der Waals surface area contributed by atoms with Crippen LogP contribution >= 0.6 is 0 Å². The van der Waals surface area contributed by atoms with Crippen molar-refractivity contribution in [3.63, 3.8) is 0 Å². The lowest BCUT2D eigenvalue weighted by atomic mass is 10.3. The number of sulfonamides is 1. The van der Waals surface area contributed by atoms with E-state index in [4.69, 9.17) is 0 Å². The van der Waals surface area contributed by atoms with Crippen molar-refractivity contribution in [2.45, 2.75) is 19.3 Å². The van der Waals surface area contributed by atoms with Gasteiger partial charge in [-0.2, -0.15) is 0 Å². The molecule has 0 aliphatic carbocycles. The Labute approximate surface area is 102 Å². The van der Waals surface area contributed by atoms with Crippen LogP contribution in [0, 0.1) is 0 Å². The van der Waals surface area contributed by atoms with E-state index in [0.29, 0.717) is 19.4 Å². The highest BCUT2D eigenvalue weighted by molar-refractivity contribution is 7.89. The van der Waals surface area contributed by atoms with Gasteiger partial charge in [-0.25, -0.2) is 18.1 Å². The van der Waals surface area contributed by atoms with Gasteiger partial charge in [0.1, 0.15) is 5.82 Å². The number of hydrogen-bond donors (Lipinski definition) is 3. The average molecular weight is 260 g/mol. The molecule has 0 unspecified atom stereocenters. The molecule has 6 nitrogen and oxygen atoms in total. The Kier molecular flexibility index (Phi) is 6.17. The summed E-state index contributed by atoms with van der Waals surface area (Å²) >= 11 is 0. The predicted octanol–water partition coefficient (Wildman–Crippen LogP) is -0.129. The summed E-state index contributed by atoms with van der Waals surface area (Å²) in [6.45, 7) is 1.24. The molecular weight excluding hydrogens is 240 g/mol. The molecule has 0 aliphatic heterocycles. The minimum Gasteiger partial charge on any atom is -0.349 e. The molecule has 0 aromatic carbocycles. The van der Waals surface area contributed by atoms with E-state index in [1.165, 1.54) is 0 Å². The Morgan fingerprint density at radius 1 is 1.35 bits per heavy atom. The molecule has 0 fully saturated rings. The van der Waals surface area contributed by atoms with E-state index in [-0.39, 0.29) is 5.75 Å². The zero-order valence-corrected chi connectivity index (χ0v) is 10.9. The van der Waals surface area contributed by atoms with Crippen LogP contribution < -0.4 is 10.0 Å². The molecule has 1 aromatic rings. The first kappa shape index (κ1) is 14.1. The topological polar surface area (TPSA) is 86.9 Å². The van der Waals surface area contributed by atoms with Gasteiger partial charge in [0.25, 0.3) is 0 Å². The molecule has 0 saturated carbocycles. The summed E-state index contributed by atoms with van der Waals surface area (Å²) in [5.41, 5.74) is 0. The first-order valence-corrected chi connectivity index (χ1v) is 7.39. The first-order valence-electron chi connectivity index (χ1n) is 5.74. The van der Waals surface area contributed by atoms with Crippen LogP contribution in [0.2, 0.25) is 0 Å². The Balaban J connectivity index is 2.16.